The highest BCUT2D eigenvalue weighted by molar-refractivity contribution is 6.02. The molecule has 0 aliphatic heterocycles. The Morgan fingerprint density at radius 2 is 2.00 bits per heavy atom. The van der Waals surface area contributed by atoms with Crippen LogP contribution in [0.1, 0.15) is 11.1 Å². The van der Waals surface area contributed by atoms with E-state index in [0.29, 0.717) is 5.69 Å². The summed E-state index contributed by atoms with van der Waals surface area (Å²) < 4.78 is 0. The number of hydrogen-bond acceptors (Lipinski definition) is 3. The van der Waals surface area contributed by atoms with Crippen molar-refractivity contribution in [3.8, 4) is 0 Å². The van der Waals surface area contributed by atoms with Gasteiger partial charge in [-0.25, -0.2) is 0 Å². The van der Waals surface area contributed by atoms with E-state index in [1.165, 1.54) is 6.08 Å². The number of nitrogens with two attached hydrogens (primary N) is 1. The summed E-state index contributed by atoms with van der Waals surface area (Å²) in [6, 6.07) is 9.08. The van der Waals surface area contributed by atoms with Crippen LogP contribution >= 0.6 is 0 Å². The molecule has 4 heteroatoms. The van der Waals surface area contributed by atoms with Gasteiger partial charge < -0.3 is 11.1 Å². The van der Waals surface area contributed by atoms with Crippen LogP contribution in [0.3, 0.4) is 0 Å². The third-order valence-corrected chi connectivity index (χ3v) is 2.64. The normalized spacial score (nSPS) is 10.6. The second kappa shape index (κ2) is 5.82. The molecule has 1 aromatic carbocycles. The van der Waals surface area contributed by atoms with Gasteiger partial charge in [-0.2, -0.15) is 0 Å². The van der Waals surface area contributed by atoms with Crippen LogP contribution in [0.5, 0.6) is 0 Å². The van der Waals surface area contributed by atoms with Gasteiger partial charge in [0.2, 0.25) is 5.91 Å². The van der Waals surface area contributed by atoms with Crippen molar-refractivity contribution in [1.29, 1.82) is 0 Å². The van der Waals surface area contributed by atoms with Crippen molar-refractivity contribution in [3.63, 3.8) is 0 Å². The molecule has 4 nitrogen and oxygen atoms in total. The van der Waals surface area contributed by atoms with Gasteiger partial charge in [0.25, 0.3) is 0 Å². The van der Waals surface area contributed by atoms with E-state index in [1.807, 2.05) is 19.1 Å². The number of pyridine rings is 1. The zero-order valence-corrected chi connectivity index (χ0v) is 10.6. The Bertz CT molecular complexity index is 603. The van der Waals surface area contributed by atoms with Crippen molar-refractivity contribution in [2.75, 3.05) is 11.1 Å². The topological polar surface area (TPSA) is 68.0 Å². The highest BCUT2D eigenvalue weighted by Crippen LogP contribution is 2.12. The van der Waals surface area contributed by atoms with Crippen molar-refractivity contribution in [1.82, 2.24) is 4.98 Å². The number of benzene rings is 1. The molecular weight excluding hydrogens is 238 g/mol. The number of carbonyl (C=O) groups excluding carboxylic acids is 1. The lowest BCUT2D eigenvalue weighted by atomic mass is 10.2. The number of aryl methyl sites for hydroxylation is 1. The maximum absolute atomic E-state index is 11.8. The first-order valence-electron chi connectivity index (χ1n) is 5.90. The van der Waals surface area contributed by atoms with Crippen LogP contribution in [0.2, 0.25) is 0 Å². The van der Waals surface area contributed by atoms with Gasteiger partial charge >= 0.3 is 0 Å². The zero-order chi connectivity index (χ0) is 13.7. The maximum atomic E-state index is 11.8. The number of anilines is 2. The highest BCUT2D eigenvalue weighted by atomic mass is 16.1. The summed E-state index contributed by atoms with van der Waals surface area (Å²) in [4.78, 5) is 15.7. The van der Waals surface area contributed by atoms with Crippen LogP contribution in [-0.4, -0.2) is 10.9 Å². The number of rotatable bonds is 3. The minimum atomic E-state index is -0.175. The molecule has 0 radical (unpaired) electrons. The third-order valence-electron chi connectivity index (χ3n) is 2.64. The molecule has 0 saturated carbocycles. The SMILES string of the molecule is Cc1cnccc1NC(=O)/C=C/c1ccc(N)cc1. The van der Waals surface area contributed by atoms with Gasteiger partial charge in [-0.1, -0.05) is 12.1 Å². The lowest BCUT2D eigenvalue weighted by molar-refractivity contribution is -0.111. The number of nitrogens with one attached hydrogen (secondary N) is 1. The molecule has 1 heterocycles. The molecule has 1 amide bonds. The van der Waals surface area contributed by atoms with E-state index >= 15 is 0 Å². The second-order valence-electron chi connectivity index (χ2n) is 4.18. The first kappa shape index (κ1) is 12.8. The quantitative estimate of drug-likeness (QED) is 0.652. The molecule has 0 bridgehead atoms. The fourth-order valence-electron chi connectivity index (χ4n) is 1.57. The van der Waals surface area contributed by atoms with Crippen LogP contribution in [-0.2, 0) is 4.79 Å². The Balaban J connectivity index is 2.02. The summed E-state index contributed by atoms with van der Waals surface area (Å²) in [7, 11) is 0. The molecule has 0 unspecified atom stereocenters. The summed E-state index contributed by atoms with van der Waals surface area (Å²) in [6.45, 7) is 1.90. The third kappa shape index (κ3) is 3.67. The molecule has 0 aliphatic carbocycles. The Morgan fingerprint density at radius 1 is 1.26 bits per heavy atom. The van der Waals surface area contributed by atoms with Crippen molar-refractivity contribution >= 4 is 23.4 Å². The average molecular weight is 253 g/mol. The predicted octanol–water partition coefficient (Wildman–Crippen LogP) is 2.62. The molecule has 0 aliphatic rings. The number of aromatic nitrogens is 1. The lowest BCUT2D eigenvalue weighted by Gasteiger charge is -2.04. The van der Waals surface area contributed by atoms with Gasteiger partial charge in [0, 0.05) is 29.8 Å². The minimum Gasteiger partial charge on any atom is -0.399 e. The van der Waals surface area contributed by atoms with Gasteiger partial charge in [-0.05, 0) is 42.3 Å². The molecule has 0 spiro atoms. The van der Waals surface area contributed by atoms with Crippen molar-refractivity contribution in [2.24, 2.45) is 0 Å². The van der Waals surface area contributed by atoms with Gasteiger partial charge in [0.05, 0.1) is 0 Å². The molecule has 3 N–H and O–H groups in total. The van der Waals surface area contributed by atoms with Crippen LogP contribution < -0.4 is 11.1 Å². The lowest BCUT2D eigenvalue weighted by Crippen LogP contribution is -2.08. The van der Waals surface area contributed by atoms with Crippen LogP contribution in [0.15, 0.2) is 48.8 Å². The molecule has 2 aromatic rings. The van der Waals surface area contributed by atoms with E-state index in [0.717, 1.165) is 16.8 Å². The number of nitrogen functional groups attached to an aromatic ring is 1. The summed E-state index contributed by atoms with van der Waals surface area (Å²) in [5, 5.41) is 2.80. The fourth-order valence-corrected chi connectivity index (χ4v) is 1.57. The van der Waals surface area contributed by atoms with Crippen molar-refractivity contribution in [2.45, 2.75) is 6.92 Å². The summed E-state index contributed by atoms with van der Waals surface area (Å²) in [6.07, 6.45) is 6.59. The molecule has 0 atom stereocenters. The molecule has 96 valence electrons. The summed E-state index contributed by atoms with van der Waals surface area (Å²) in [5.41, 5.74) is 8.91. The number of carbonyl (C=O) groups is 1. The minimum absolute atomic E-state index is 0.175. The zero-order valence-electron chi connectivity index (χ0n) is 10.6. The number of nitrogens with zero attached hydrogens (tertiary/aromatic N) is 1. The molecule has 1 aromatic heterocycles. The predicted molar refractivity (Wildman–Crippen MR) is 77.5 cm³/mol. The Morgan fingerprint density at radius 3 is 2.68 bits per heavy atom. The Labute approximate surface area is 112 Å². The standard InChI is InChI=1S/C15H15N3O/c1-11-10-17-9-8-14(11)18-15(19)7-4-12-2-5-13(16)6-3-12/h2-10H,16H2,1H3,(H,17,18,19)/b7-4+. The number of amides is 1. The highest BCUT2D eigenvalue weighted by Gasteiger charge is 2.00. The summed E-state index contributed by atoms with van der Waals surface area (Å²) in [5.74, 6) is -0.175. The Kier molecular flexibility index (Phi) is 3.93. The van der Waals surface area contributed by atoms with E-state index in [4.69, 9.17) is 5.73 Å². The van der Waals surface area contributed by atoms with Crippen molar-refractivity contribution < 1.29 is 4.79 Å². The van der Waals surface area contributed by atoms with Gasteiger partial charge in [0.15, 0.2) is 0 Å². The van der Waals surface area contributed by atoms with Crippen LogP contribution in [0, 0.1) is 6.92 Å². The van der Waals surface area contributed by atoms with Gasteiger partial charge in [0.1, 0.15) is 0 Å². The van der Waals surface area contributed by atoms with E-state index in [9.17, 15) is 4.79 Å². The molecular formula is C15H15N3O. The molecule has 0 fully saturated rings. The fraction of sp³-hybridized carbons (Fsp3) is 0.0667. The molecule has 19 heavy (non-hydrogen) atoms. The van der Waals surface area contributed by atoms with Crippen molar-refractivity contribution in [3.05, 3.63) is 59.9 Å². The molecule has 2 rings (SSSR count). The largest absolute Gasteiger partial charge is 0.399 e. The van der Waals surface area contributed by atoms with Gasteiger partial charge in [-0.3, -0.25) is 9.78 Å². The van der Waals surface area contributed by atoms with E-state index in [-0.39, 0.29) is 5.91 Å². The van der Waals surface area contributed by atoms with E-state index < -0.39 is 0 Å². The van der Waals surface area contributed by atoms with Gasteiger partial charge in [-0.15, -0.1) is 0 Å². The smallest absolute Gasteiger partial charge is 0.248 e. The Hall–Kier alpha value is -2.62. The number of hydrogen-bond donors (Lipinski definition) is 2. The second-order valence-corrected chi connectivity index (χ2v) is 4.18. The monoisotopic (exact) mass is 253 g/mol. The van der Waals surface area contributed by atoms with Crippen LogP contribution in [0.25, 0.3) is 6.08 Å². The maximum Gasteiger partial charge on any atom is 0.248 e. The average Bonchev–Trinajstić information content (AvgIpc) is 2.41. The van der Waals surface area contributed by atoms with Crippen LogP contribution in [0.4, 0.5) is 11.4 Å². The molecule has 0 saturated heterocycles. The van der Waals surface area contributed by atoms with E-state index in [1.54, 1.807) is 36.7 Å². The van der Waals surface area contributed by atoms with E-state index in [2.05, 4.69) is 10.3 Å². The first-order valence-corrected chi connectivity index (χ1v) is 5.90. The summed E-state index contributed by atoms with van der Waals surface area (Å²) >= 11 is 0. The first-order chi connectivity index (χ1) is 9.15.